The van der Waals surface area contributed by atoms with Crippen molar-refractivity contribution in [3.8, 4) is 0 Å². The minimum absolute atomic E-state index is 0.0398. The molecule has 2 nitrogen and oxygen atoms in total. The van der Waals surface area contributed by atoms with E-state index >= 15 is 0 Å². The summed E-state index contributed by atoms with van der Waals surface area (Å²) in [5.41, 5.74) is -0.0398. The molecule has 1 aromatic rings. The van der Waals surface area contributed by atoms with E-state index in [2.05, 4.69) is 10.3 Å². The van der Waals surface area contributed by atoms with Gasteiger partial charge in [0, 0.05) is 18.3 Å². The number of alkyl halides is 2. The lowest BCUT2D eigenvalue weighted by molar-refractivity contribution is 0.151. The molecule has 1 aromatic heterocycles. The maximum atomic E-state index is 12.1. The predicted molar refractivity (Wildman–Crippen MR) is 48.0 cm³/mol. The van der Waals surface area contributed by atoms with Crippen LogP contribution >= 0.6 is 0 Å². The largest absolute Gasteiger partial charge is 0.370 e. The van der Waals surface area contributed by atoms with Gasteiger partial charge in [0.25, 0.3) is 6.43 Å². The van der Waals surface area contributed by atoms with Gasteiger partial charge in [-0.2, -0.15) is 0 Å². The molecule has 13 heavy (non-hydrogen) atoms. The molecule has 4 heteroatoms. The van der Waals surface area contributed by atoms with Crippen molar-refractivity contribution in [1.82, 2.24) is 4.98 Å². The molecule has 0 aliphatic carbocycles. The van der Waals surface area contributed by atoms with Crippen molar-refractivity contribution < 1.29 is 8.78 Å². The van der Waals surface area contributed by atoms with Crippen molar-refractivity contribution in [2.75, 3.05) is 11.9 Å². The number of nitrogens with zero attached hydrogens (tertiary/aromatic N) is 1. The molecule has 0 saturated heterocycles. The first-order chi connectivity index (χ1) is 6.24. The fraction of sp³-hybridized carbons (Fsp3) is 0.444. The molecule has 1 N–H and O–H groups in total. The van der Waals surface area contributed by atoms with Gasteiger partial charge in [-0.25, -0.2) is 13.8 Å². The van der Waals surface area contributed by atoms with E-state index in [9.17, 15) is 8.78 Å². The first-order valence-corrected chi connectivity index (χ1v) is 4.22. The standard InChI is InChI=1S/C9H12F2N2/c1-2-5-12-8-4-3-7(6-13-8)9(10)11/h3-4,6,9H,2,5H2,1H3,(H,12,13). The lowest BCUT2D eigenvalue weighted by atomic mass is 10.3. The summed E-state index contributed by atoms with van der Waals surface area (Å²) in [6.07, 6.45) is -0.256. The molecular weight excluding hydrogens is 174 g/mol. The van der Waals surface area contributed by atoms with Crippen LogP contribution < -0.4 is 5.32 Å². The van der Waals surface area contributed by atoms with Gasteiger partial charge in [0.2, 0.25) is 0 Å². The van der Waals surface area contributed by atoms with E-state index in [4.69, 9.17) is 0 Å². The van der Waals surface area contributed by atoms with Crippen LogP contribution in [-0.2, 0) is 0 Å². The highest BCUT2D eigenvalue weighted by Gasteiger charge is 2.05. The zero-order valence-electron chi connectivity index (χ0n) is 7.43. The van der Waals surface area contributed by atoms with E-state index in [-0.39, 0.29) is 5.56 Å². The second-order valence-corrected chi connectivity index (χ2v) is 2.70. The van der Waals surface area contributed by atoms with Crippen LogP contribution in [0.5, 0.6) is 0 Å². The number of rotatable bonds is 4. The summed E-state index contributed by atoms with van der Waals surface area (Å²) in [6.45, 7) is 2.83. The molecule has 0 aliphatic heterocycles. The van der Waals surface area contributed by atoms with Crippen LogP contribution in [0.2, 0.25) is 0 Å². The number of anilines is 1. The normalized spacial score (nSPS) is 10.5. The summed E-state index contributed by atoms with van der Waals surface area (Å²) in [5.74, 6) is 0.645. The first-order valence-electron chi connectivity index (χ1n) is 4.22. The highest BCUT2D eigenvalue weighted by molar-refractivity contribution is 5.35. The maximum Gasteiger partial charge on any atom is 0.265 e. The van der Waals surface area contributed by atoms with E-state index in [1.54, 1.807) is 6.07 Å². The van der Waals surface area contributed by atoms with Gasteiger partial charge >= 0.3 is 0 Å². The summed E-state index contributed by atoms with van der Waals surface area (Å²) < 4.78 is 24.2. The third kappa shape index (κ3) is 2.97. The molecule has 0 amide bonds. The quantitative estimate of drug-likeness (QED) is 0.782. The molecule has 0 atom stereocenters. The van der Waals surface area contributed by atoms with Crippen molar-refractivity contribution in [2.45, 2.75) is 19.8 Å². The second-order valence-electron chi connectivity index (χ2n) is 2.70. The fourth-order valence-electron chi connectivity index (χ4n) is 0.892. The highest BCUT2D eigenvalue weighted by Crippen LogP contribution is 2.18. The summed E-state index contributed by atoms with van der Waals surface area (Å²) in [6, 6.07) is 2.95. The predicted octanol–water partition coefficient (Wildman–Crippen LogP) is 2.84. The van der Waals surface area contributed by atoms with Crippen LogP contribution in [0.15, 0.2) is 18.3 Å². The third-order valence-electron chi connectivity index (χ3n) is 1.59. The molecule has 0 aromatic carbocycles. The fourth-order valence-corrected chi connectivity index (χ4v) is 0.892. The van der Waals surface area contributed by atoms with Gasteiger partial charge in [0.1, 0.15) is 5.82 Å². The van der Waals surface area contributed by atoms with E-state index in [1.165, 1.54) is 12.3 Å². The van der Waals surface area contributed by atoms with Gasteiger partial charge in [0.15, 0.2) is 0 Å². The zero-order chi connectivity index (χ0) is 9.68. The van der Waals surface area contributed by atoms with E-state index in [0.717, 1.165) is 13.0 Å². The van der Waals surface area contributed by atoms with Gasteiger partial charge in [-0.1, -0.05) is 6.92 Å². The molecule has 1 heterocycles. The van der Waals surface area contributed by atoms with Gasteiger partial charge in [0.05, 0.1) is 0 Å². The topological polar surface area (TPSA) is 24.9 Å². The van der Waals surface area contributed by atoms with E-state index in [0.29, 0.717) is 5.82 Å². The Balaban J connectivity index is 2.59. The maximum absolute atomic E-state index is 12.1. The van der Waals surface area contributed by atoms with Gasteiger partial charge in [-0.3, -0.25) is 0 Å². The summed E-state index contributed by atoms with van der Waals surface area (Å²) >= 11 is 0. The van der Waals surface area contributed by atoms with Crippen molar-refractivity contribution in [1.29, 1.82) is 0 Å². The smallest absolute Gasteiger partial charge is 0.265 e. The van der Waals surface area contributed by atoms with Crippen LogP contribution in [0.25, 0.3) is 0 Å². The Morgan fingerprint density at radius 2 is 2.23 bits per heavy atom. The summed E-state index contributed by atoms with van der Waals surface area (Å²) in [5, 5.41) is 3.00. The lowest BCUT2D eigenvalue weighted by Gasteiger charge is -2.04. The van der Waals surface area contributed by atoms with E-state index < -0.39 is 6.43 Å². The Morgan fingerprint density at radius 3 is 2.69 bits per heavy atom. The molecular formula is C9H12F2N2. The number of halogens is 2. The van der Waals surface area contributed by atoms with Crippen LogP contribution in [0.3, 0.4) is 0 Å². The van der Waals surface area contributed by atoms with Crippen LogP contribution in [-0.4, -0.2) is 11.5 Å². The summed E-state index contributed by atoms with van der Waals surface area (Å²) in [4.78, 5) is 3.85. The van der Waals surface area contributed by atoms with Crippen LogP contribution in [0.1, 0.15) is 25.3 Å². The molecule has 1 rings (SSSR count). The first kappa shape index (κ1) is 9.89. The van der Waals surface area contributed by atoms with Gasteiger partial charge < -0.3 is 5.32 Å². The second kappa shape index (κ2) is 4.74. The molecule has 0 spiro atoms. The Kier molecular flexibility index (Phi) is 3.61. The Labute approximate surface area is 76.0 Å². The lowest BCUT2D eigenvalue weighted by Crippen LogP contribution is -2.01. The monoisotopic (exact) mass is 186 g/mol. The molecule has 0 aliphatic rings. The number of hydrogen-bond donors (Lipinski definition) is 1. The number of nitrogens with one attached hydrogen (secondary N) is 1. The highest BCUT2D eigenvalue weighted by atomic mass is 19.3. The summed E-state index contributed by atoms with van der Waals surface area (Å²) in [7, 11) is 0. The average Bonchev–Trinajstić information content (AvgIpc) is 2.15. The van der Waals surface area contributed by atoms with E-state index in [1.807, 2.05) is 6.92 Å². The Morgan fingerprint density at radius 1 is 1.46 bits per heavy atom. The number of hydrogen-bond acceptors (Lipinski definition) is 2. The minimum atomic E-state index is -2.44. The molecule has 0 fully saturated rings. The molecule has 0 saturated carbocycles. The number of aromatic nitrogens is 1. The minimum Gasteiger partial charge on any atom is -0.370 e. The van der Waals surface area contributed by atoms with Crippen LogP contribution in [0.4, 0.5) is 14.6 Å². The molecule has 0 radical (unpaired) electrons. The van der Waals surface area contributed by atoms with Crippen molar-refractivity contribution in [2.24, 2.45) is 0 Å². The average molecular weight is 186 g/mol. The van der Waals surface area contributed by atoms with Gasteiger partial charge in [-0.05, 0) is 18.6 Å². The van der Waals surface area contributed by atoms with Crippen LogP contribution in [0, 0.1) is 0 Å². The zero-order valence-corrected chi connectivity index (χ0v) is 7.43. The third-order valence-corrected chi connectivity index (χ3v) is 1.59. The molecule has 0 unspecified atom stereocenters. The molecule has 72 valence electrons. The molecule has 0 bridgehead atoms. The number of pyridine rings is 1. The SMILES string of the molecule is CCCNc1ccc(C(F)F)cn1. The van der Waals surface area contributed by atoms with Crippen molar-refractivity contribution >= 4 is 5.82 Å². The van der Waals surface area contributed by atoms with Gasteiger partial charge in [-0.15, -0.1) is 0 Å². The van der Waals surface area contributed by atoms with Crippen molar-refractivity contribution in [3.05, 3.63) is 23.9 Å². The van der Waals surface area contributed by atoms with Crippen molar-refractivity contribution in [3.63, 3.8) is 0 Å². The Hall–Kier alpha value is -1.19. The Bertz CT molecular complexity index is 246.